The van der Waals surface area contributed by atoms with Crippen molar-refractivity contribution in [3.8, 4) is 5.75 Å². The van der Waals surface area contributed by atoms with Crippen LogP contribution in [0.4, 0.5) is 0 Å². The van der Waals surface area contributed by atoms with Crippen LogP contribution in [0.1, 0.15) is 30.2 Å². The predicted octanol–water partition coefficient (Wildman–Crippen LogP) is 2.20. The van der Waals surface area contributed by atoms with Gasteiger partial charge in [-0.05, 0) is 26.0 Å². The van der Waals surface area contributed by atoms with E-state index in [1.807, 2.05) is 18.3 Å². The normalized spacial score (nSPS) is 16.0. The van der Waals surface area contributed by atoms with Crippen LogP contribution >= 0.6 is 0 Å². The first kappa shape index (κ1) is 16.8. The van der Waals surface area contributed by atoms with Crippen LogP contribution in [0.15, 0.2) is 24.4 Å². The molecule has 0 amide bonds. The molecule has 1 aliphatic heterocycles. The molecule has 1 aliphatic rings. The van der Waals surface area contributed by atoms with Gasteiger partial charge in [0.2, 0.25) is 0 Å². The predicted molar refractivity (Wildman–Crippen MR) is 94.1 cm³/mol. The number of carboxylic acid groups (broad SMARTS) is 1. The fourth-order valence-corrected chi connectivity index (χ4v) is 3.17. The van der Waals surface area contributed by atoms with Gasteiger partial charge in [-0.15, -0.1) is 0 Å². The van der Waals surface area contributed by atoms with Gasteiger partial charge in [-0.3, -0.25) is 4.90 Å². The molecule has 1 aromatic carbocycles. The molecule has 0 unspecified atom stereocenters. The average molecular weight is 331 g/mol. The van der Waals surface area contributed by atoms with Crippen molar-refractivity contribution >= 4 is 16.9 Å². The molecule has 24 heavy (non-hydrogen) atoms. The molecule has 2 heterocycles. The van der Waals surface area contributed by atoms with Crippen LogP contribution in [0.2, 0.25) is 0 Å². The van der Waals surface area contributed by atoms with E-state index in [9.17, 15) is 9.90 Å². The van der Waals surface area contributed by atoms with E-state index in [0.717, 1.165) is 43.6 Å². The van der Waals surface area contributed by atoms with Gasteiger partial charge in [0.1, 0.15) is 12.4 Å². The molecular formula is C18H25N3O3. The Morgan fingerprint density at radius 1 is 1.33 bits per heavy atom. The summed E-state index contributed by atoms with van der Waals surface area (Å²) in [4.78, 5) is 13.9. The molecule has 3 rings (SSSR count). The number of hydrogen-bond acceptors (Lipinski definition) is 4. The minimum Gasteiger partial charge on any atom is -0.492 e. The van der Waals surface area contributed by atoms with E-state index in [2.05, 4.69) is 28.6 Å². The number of carbonyl (C=O) groups is 1. The van der Waals surface area contributed by atoms with Gasteiger partial charge in [0.05, 0.1) is 11.1 Å². The molecule has 1 aromatic heterocycles. The maximum atomic E-state index is 11.6. The summed E-state index contributed by atoms with van der Waals surface area (Å²) in [5.74, 6) is -0.301. The zero-order valence-electron chi connectivity index (χ0n) is 14.3. The minimum absolute atomic E-state index is 0.264. The topological polar surface area (TPSA) is 66.7 Å². The van der Waals surface area contributed by atoms with E-state index in [4.69, 9.17) is 4.74 Å². The summed E-state index contributed by atoms with van der Waals surface area (Å²) in [7, 11) is 0. The highest BCUT2D eigenvalue weighted by atomic mass is 16.5. The van der Waals surface area contributed by atoms with Gasteiger partial charge < -0.3 is 19.7 Å². The van der Waals surface area contributed by atoms with Crippen LogP contribution in [0.5, 0.6) is 5.75 Å². The molecule has 1 saturated heterocycles. The zero-order chi connectivity index (χ0) is 17.1. The number of fused-ring (bicyclic) bond motifs is 1. The van der Waals surface area contributed by atoms with Crippen LogP contribution in [0.25, 0.3) is 10.9 Å². The van der Waals surface area contributed by atoms with Crippen molar-refractivity contribution in [3.05, 3.63) is 30.0 Å². The summed E-state index contributed by atoms with van der Waals surface area (Å²) in [5, 5.41) is 13.6. The van der Waals surface area contributed by atoms with Crippen molar-refractivity contribution in [1.82, 2.24) is 14.8 Å². The van der Waals surface area contributed by atoms with Gasteiger partial charge in [0.15, 0.2) is 0 Å². The number of hydrogen-bond donors (Lipinski definition) is 2. The Labute approximate surface area is 142 Å². The minimum atomic E-state index is -0.922. The van der Waals surface area contributed by atoms with E-state index in [1.165, 1.54) is 0 Å². The summed E-state index contributed by atoms with van der Waals surface area (Å²) in [6.45, 7) is 9.65. The lowest BCUT2D eigenvalue weighted by molar-refractivity contribution is 0.0698. The fourth-order valence-electron chi connectivity index (χ4n) is 3.17. The molecule has 0 atom stereocenters. The van der Waals surface area contributed by atoms with Crippen LogP contribution in [-0.2, 0) is 0 Å². The third kappa shape index (κ3) is 3.55. The summed E-state index contributed by atoms with van der Waals surface area (Å²) in [6.07, 6.45) is 1.94. The van der Waals surface area contributed by atoms with Crippen molar-refractivity contribution in [2.45, 2.75) is 19.9 Å². The van der Waals surface area contributed by atoms with E-state index in [1.54, 1.807) is 6.07 Å². The number of rotatable bonds is 6. The summed E-state index contributed by atoms with van der Waals surface area (Å²) < 4.78 is 7.95. The average Bonchev–Trinajstić information content (AvgIpc) is 2.99. The van der Waals surface area contributed by atoms with Gasteiger partial charge in [0, 0.05) is 56.4 Å². The van der Waals surface area contributed by atoms with Crippen LogP contribution < -0.4 is 10.1 Å². The first-order valence-corrected chi connectivity index (χ1v) is 8.50. The lowest BCUT2D eigenvalue weighted by atomic mass is 10.1. The van der Waals surface area contributed by atoms with Crippen molar-refractivity contribution in [2.75, 3.05) is 39.3 Å². The number of nitrogens with zero attached hydrogens (tertiary/aromatic N) is 2. The Balaban J connectivity index is 1.79. The highest BCUT2D eigenvalue weighted by Crippen LogP contribution is 2.28. The molecule has 0 spiro atoms. The van der Waals surface area contributed by atoms with Gasteiger partial charge in [-0.25, -0.2) is 4.79 Å². The number of aromatic nitrogens is 1. The Morgan fingerprint density at radius 3 is 2.75 bits per heavy atom. The molecule has 1 fully saturated rings. The number of carboxylic acids is 1. The Kier molecular flexibility index (Phi) is 5.06. The molecular weight excluding hydrogens is 306 g/mol. The van der Waals surface area contributed by atoms with E-state index in [0.29, 0.717) is 17.9 Å². The summed E-state index contributed by atoms with van der Waals surface area (Å²) in [5.41, 5.74) is 1.20. The molecule has 0 radical (unpaired) electrons. The second-order valence-corrected chi connectivity index (χ2v) is 6.47. The molecule has 6 heteroatoms. The first-order chi connectivity index (χ1) is 11.6. The van der Waals surface area contributed by atoms with Gasteiger partial charge >= 0.3 is 5.97 Å². The Hall–Kier alpha value is -2.05. The largest absolute Gasteiger partial charge is 0.492 e. The highest BCUT2D eigenvalue weighted by Gasteiger charge is 2.16. The van der Waals surface area contributed by atoms with Crippen molar-refractivity contribution in [1.29, 1.82) is 0 Å². The van der Waals surface area contributed by atoms with Crippen molar-refractivity contribution in [2.24, 2.45) is 0 Å². The zero-order valence-corrected chi connectivity index (χ0v) is 14.3. The second kappa shape index (κ2) is 7.23. The number of ether oxygens (including phenoxy) is 1. The van der Waals surface area contributed by atoms with E-state index < -0.39 is 5.97 Å². The smallest absolute Gasteiger partial charge is 0.336 e. The highest BCUT2D eigenvalue weighted by molar-refractivity contribution is 6.03. The maximum Gasteiger partial charge on any atom is 0.336 e. The molecule has 6 nitrogen and oxygen atoms in total. The van der Waals surface area contributed by atoms with Gasteiger partial charge in [0.25, 0.3) is 0 Å². The Bertz CT molecular complexity index is 718. The molecule has 0 bridgehead atoms. The third-order valence-electron chi connectivity index (χ3n) is 4.48. The lowest BCUT2D eigenvalue weighted by Crippen LogP contribution is -2.44. The second-order valence-electron chi connectivity index (χ2n) is 6.47. The van der Waals surface area contributed by atoms with Gasteiger partial charge in [-0.2, -0.15) is 0 Å². The molecule has 2 N–H and O–H groups in total. The van der Waals surface area contributed by atoms with Crippen molar-refractivity contribution < 1.29 is 14.6 Å². The third-order valence-corrected chi connectivity index (χ3v) is 4.48. The fraction of sp³-hybridized carbons (Fsp3) is 0.500. The molecule has 130 valence electrons. The number of benzene rings is 1. The number of piperazine rings is 1. The summed E-state index contributed by atoms with van der Waals surface area (Å²) in [6, 6.07) is 5.70. The van der Waals surface area contributed by atoms with E-state index in [-0.39, 0.29) is 6.04 Å². The molecule has 0 aliphatic carbocycles. The quantitative estimate of drug-likeness (QED) is 0.849. The SMILES string of the molecule is CC(C)n1ccc2c(C(=O)O)cc(OCCN3CCNCC3)cc21. The van der Waals surface area contributed by atoms with Crippen LogP contribution in [-0.4, -0.2) is 59.9 Å². The number of nitrogens with one attached hydrogen (secondary N) is 1. The van der Waals surface area contributed by atoms with Crippen LogP contribution in [0, 0.1) is 0 Å². The monoisotopic (exact) mass is 331 g/mol. The van der Waals surface area contributed by atoms with Crippen molar-refractivity contribution in [3.63, 3.8) is 0 Å². The maximum absolute atomic E-state index is 11.6. The Morgan fingerprint density at radius 2 is 2.08 bits per heavy atom. The molecule has 0 saturated carbocycles. The summed E-state index contributed by atoms with van der Waals surface area (Å²) >= 11 is 0. The number of aromatic carboxylic acids is 1. The van der Waals surface area contributed by atoms with E-state index >= 15 is 0 Å². The lowest BCUT2D eigenvalue weighted by Gasteiger charge is -2.27. The standard InChI is InChI=1S/C18H25N3O3/c1-13(2)21-6-3-15-16(18(22)23)11-14(12-17(15)21)24-10-9-20-7-4-19-5-8-20/h3,6,11-13,19H,4-5,7-10H2,1-2H3,(H,22,23). The van der Waals surface area contributed by atoms with Gasteiger partial charge in [-0.1, -0.05) is 0 Å². The first-order valence-electron chi connectivity index (χ1n) is 8.50. The van der Waals surface area contributed by atoms with Crippen LogP contribution in [0.3, 0.4) is 0 Å². The molecule has 2 aromatic rings.